The van der Waals surface area contributed by atoms with Crippen LogP contribution in [0.3, 0.4) is 0 Å². The molecular formula is C12H17NO3. The van der Waals surface area contributed by atoms with E-state index in [2.05, 4.69) is 5.32 Å². The van der Waals surface area contributed by atoms with Crippen molar-refractivity contribution < 1.29 is 14.3 Å². The summed E-state index contributed by atoms with van der Waals surface area (Å²) in [5.74, 6) is 1.10. The summed E-state index contributed by atoms with van der Waals surface area (Å²) in [5.41, 5.74) is 1.49. The van der Waals surface area contributed by atoms with Gasteiger partial charge in [0.2, 0.25) is 0 Å². The number of rotatable bonds is 5. The van der Waals surface area contributed by atoms with Crippen LogP contribution in [0.25, 0.3) is 0 Å². The SMILES string of the molecule is CNCC(=O)c1ccc(C)c(OC)c1OC. The van der Waals surface area contributed by atoms with Gasteiger partial charge in [0.05, 0.1) is 26.3 Å². The molecule has 0 radical (unpaired) electrons. The maximum atomic E-state index is 11.8. The maximum Gasteiger partial charge on any atom is 0.180 e. The zero-order valence-corrected chi connectivity index (χ0v) is 10.1. The number of Topliss-reactive ketones (excluding diaryl/α,β-unsaturated/α-hetero) is 1. The highest BCUT2D eigenvalue weighted by Crippen LogP contribution is 2.34. The number of methoxy groups -OCH3 is 2. The minimum absolute atomic E-state index is 0.0161. The van der Waals surface area contributed by atoms with E-state index in [4.69, 9.17) is 9.47 Å². The topological polar surface area (TPSA) is 47.6 Å². The summed E-state index contributed by atoms with van der Waals surface area (Å²) in [6, 6.07) is 3.61. The molecule has 1 aromatic rings. The van der Waals surface area contributed by atoms with E-state index in [9.17, 15) is 4.79 Å². The molecule has 0 aliphatic heterocycles. The summed E-state index contributed by atoms with van der Waals surface area (Å²) < 4.78 is 10.5. The van der Waals surface area contributed by atoms with Gasteiger partial charge in [0.15, 0.2) is 17.3 Å². The van der Waals surface area contributed by atoms with Crippen molar-refractivity contribution in [3.8, 4) is 11.5 Å². The molecule has 1 aromatic carbocycles. The highest BCUT2D eigenvalue weighted by Gasteiger charge is 2.17. The standard InChI is InChI=1S/C12H17NO3/c1-8-5-6-9(10(14)7-13-2)12(16-4)11(8)15-3/h5-6,13H,7H2,1-4H3. The van der Waals surface area contributed by atoms with Crippen LogP contribution in [-0.4, -0.2) is 33.6 Å². The van der Waals surface area contributed by atoms with Crippen LogP contribution in [0, 0.1) is 6.92 Å². The second kappa shape index (κ2) is 5.51. The van der Waals surface area contributed by atoms with Crippen LogP contribution in [-0.2, 0) is 0 Å². The smallest absolute Gasteiger partial charge is 0.180 e. The number of nitrogens with one attached hydrogen (secondary N) is 1. The molecule has 88 valence electrons. The van der Waals surface area contributed by atoms with Gasteiger partial charge < -0.3 is 14.8 Å². The van der Waals surface area contributed by atoms with Crippen LogP contribution in [0.2, 0.25) is 0 Å². The van der Waals surface area contributed by atoms with E-state index >= 15 is 0 Å². The second-order valence-electron chi connectivity index (χ2n) is 3.45. The van der Waals surface area contributed by atoms with E-state index < -0.39 is 0 Å². The van der Waals surface area contributed by atoms with Gasteiger partial charge in [-0.15, -0.1) is 0 Å². The Morgan fingerprint density at radius 2 is 1.88 bits per heavy atom. The number of benzene rings is 1. The van der Waals surface area contributed by atoms with Crippen molar-refractivity contribution >= 4 is 5.78 Å². The van der Waals surface area contributed by atoms with Crippen LogP contribution in [0.5, 0.6) is 11.5 Å². The molecule has 0 bridgehead atoms. The minimum atomic E-state index is -0.0161. The number of ketones is 1. The quantitative estimate of drug-likeness (QED) is 0.767. The first-order valence-corrected chi connectivity index (χ1v) is 5.05. The summed E-state index contributed by atoms with van der Waals surface area (Å²) in [7, 11) is 4.83. The van der Waals surface area contributed by atoms with Gasteiger partial charge in [0.1, 0.15) is 0 Å². The molecule has 0 heterocycles. The van der Waals surface area contributed by atoms with Crippen molar-refractivity contribution in [3.63, 3.8) is 0 Å². The Kier molecular flexibility index (Phi) is 4.31. The van der Waals surface area contributed by atoms with Gasteiger partial charge in [0, 0.05) is 0 Å². The number of ether oxygens (including phenoxy) is 2. The van der Waals surface area contributed by atoms with Crippen molar-refractivity contribution in [1.29, 1.82) is 0 Å². The fourth-order valence-corrected chi connectivity index (χ4v) is 1.59. The van der Waals surface area contributed by atoms with Crippen LogP contribution in [0.4, 0.5) is 0 Å². The van der Waals surface area contributed by atoms with E-state index in [1.165, 1.54) is 7.11 Å². The number of hydrogen-bond acceptors (Lipinski definition) is 4. The van der Waals surface area contributed by atoms with E-state index in [1.807, 2.05) is 13.0 Å². The van der Waals surface area contributed by atoms with Gasteiger partial charge in [0.25, 0.3) is 0 Å². The lowest BCUT2D eigenvalue weighted by Gasteiger charge is -2.14. The van der Waals surface area contributed by atoms with E-state index in [0.717, 1.165) is 5.56 Å². The van der Waals surface area contributed by atoms with Gasteiger partial charge in [-0.2, -0.15) is 0 Å². The van der Waals surface area contributed by atoms with Gasteiger partial charge >= 0.3 is 0 Å². The molecule has 4 heteroatoms. The normalized spacial score (nSPS) is 10.0. The molecule has 0 atom stereocenters. The Morgan fingerprint density at radius 1 is 1.25 bits per heavy atom. The molecule has 4 nitrogen and oxygen atoms in total. The number of hydrogen-bond donors (Lipinski definition) is 1. The molecule has 0 aliphatic carbocycles. The molecule has 0 amide bonds. The summed E-state index contributed by atoms with van der Waals surface area (Å²) in [6.45, 7) is 2.19. The molecule has 0 aliphatic rings. The average molecular weight is 223 g/mol. The third kappa shape index (κ3) is 2.33. The summed E-state index contributed by atoms with van der Waals surface area (Å²) >= 11 is 0. The van der Waals surface area contributed by atoms with Crippen molar-refractivity contribution in [2.24, 2.45) is 0 Å². The van der Waals surface area contributed by atoms with Gasteiger partial charge in [-0.05, 0) is 25.6 Å². The van der Waals surface area contributed by atoms with Crippen LogP contribution >= 0.6 is 0 Å². The second-order valence-corrected chi connectivity index (χ2v) is 3.45. The largest absolute Gasteiger partial charge is 0.493 e. The van der Waals surface area contributed by atoms with Crippen LogP contribution < -0.4 is 14.8 Å². The maximum absolute atomic E-state index is 11.8. The predicted molar refractivity (Wildman–Crippen MR) is 62.5 cm³/mol. The Bertz CT molecular complexity index is 388. The minimum Gasteiger partial charge on any atom is -0.493 e. The molecule has 0 saturated heterocycles. The fourth-order valence-electron chi connectivity index (χ4n) is 1.59. The Morgan fingerprint density at radius 3 is 2.38 bits per heavy atom. The number of likely N-dealkylation sites (N-methyl/N-ethyl adjacent to an activating group) is 1. The Hall–Kier alpha value is -1.55. The highest BCUT2D eigenvalue weighted by molar-refractivity contribution is 6.01. The van der Waals surface area contributed by atoms with Crippen LogP contribution in [0.1, 0.15) is 15.9 Å². The molecular weight excluding hydrogens is 206 g/mol. The van der Waals surface area contributed by atoms with Crippen molar-refractivity contribution in [2.45, 2.75) is 6.92 Å². The van der Waals surface area contributed by atoms with Gasteiger partial charge in [-0.25, -0.2) is 0 Å². The van der Waals surface area contributed by atoms with E-state index in [0.29, 0.717) is 17.1 Å². The molecule has 0 fully saturated rings. The predicted octanol–water partition coefficient (Wildman–Crippen LogP) is 1.41. The molecule has 0 saturated carbocycles. The number of carbonyl (C=O) groups excluding carboxylic acids is 1. The van der Waals surface area contributed by atoms with Crippen LogP contribution in [0.15, 0.2) is 12.1 Å². The molecule has 16 heavy (non-hydrogen) atoms. The van der Waals surface area contributed by atoms with Crippen molar-refractivity contribution in [3.05, 3.63) is 23.3 Å². The third-order valence-corrected chi connectivity index (χ3v) is 2.35. The molecule has 0 aromatic heterocycles. The van der Waals surface area contributed by atoms with Crippen molar-refractivity contribution in [2.75, 3.05) is 27.8 Å². The average Bonchev–Trinajstić information content (AvgIpc) is 2.28. The van der Waals surface area contributed by atoms with E-state index in [1.54, 1.807) is 20.2 Å². The Balaban J connectivity index is 3.24. The number of carbonyl (C=O) groups is 1. The summed E-state index contributed by atoms with van der Waals surface area (Å²) in [4.78, 5) is 11.8. The van der Waals surface area contributed by atoms with Gasteiger partial charge in [-0.3, -0.25) is 4.79 Å². The summed E-state index contributed by atoms with van der Waals surface area (Å²) in [6.07, 6.45) is 0. The Labute approximate surface area is 95.6 Å². The fraction of sp³-hybridized carbons (Fsp3) is 0.417. The first kappa shape index (κ1) is 12.5. The monoisotopic (exact) mass is 223 g/mol. The van der Waals surface area contributed by atoms with Gasteiger partial charge in [-0.1, -0.05) is 6.07 Å². The third-order valence-electron chi connectivity index (χ3n) is 2.35. The molecule has 1 rings (SSSR count). The first-order chi connectivity index (χ1) is 7.65. The zero-order valence-electron chi connectivity index (χ0n) is 10.1. The van der Waals surface area contributed by atoms with E-state index in [-0.39, 0.29) is 12.3 Å². The lowest BCUT2D eigenvalue weighted by atomic mass is 10.1. The molecule has 0 spiro atoms. The highest BCUT2D eigenvalue weighted by atomic mass is 16.5. The molecule has 1 N–H and O–H groups in total. The zero-order chi connectivity index (χ0) is 12.1. The van der Waals surface area contributed by atoms with Crippen molar-refractivity contribution in [1.82, 2.24) is 5.32 Å². The lowest BCUT2D eigenvalue weighted by molar-refractivity contribution is 0.0990. The number of aryl methyl sites for hydroxylation is 1. The summed E-state index contributed by atoms with van der Waals surface area (Å²) in [5, 5.41) is 2.82. The first-order valence-electron chi connectivity index (χ1n) is 5.05. The molecule has 0 unspecified atom stereocenters. The lowest BCUT2D eigenvalue weighted by Crippen LogP contribution is -2.19.